The number of piperazine rings is 1. The Morgan fingerprint density at radius 3 is 2.38 bits per heavy atom. The van der Waals surface area contributed by atoms with Crippen molar-refractivity contribution in [3.63, 3.8) is 0 Å². The fourth-order valence-corrected chi connectivity index (χ4v) is 3.59. The van der Waals surface area contributed by atoms with Crippen LogP contribution in [0.5, 0.6) is 0 Å². The van der Waals surface area contributed by atoms with Crippen molar-refractivity contribution in [1.82, 2.24) is 15.2 Å². The first-order chi connectivity index (χ1) is 12.7. The minimum Gasteiger partial charge on any atom is -0.378 e. The molecule has 1 aromatic heterocycles. The van der Waals surface area contributed by atoms with Crippen LogP contribution in [0.25, 0.3) is 0 Å². The van der Waals surface area contributed by atoms with Crippen LogP contribution in [0.1, 0.15) is 11.1 Å². The summed E-state index contributed by atoms with van der Waals surface area (Å²) >= 11 is 0. The number of aryl methyl sites for hydroxylation is 1. The van der Waals surface area contributed by atoms with Gasteiger partial charge in [0.25, 0.3) is 0 Å². The van der Waals surface area contributed by atoms with Gasteiger partial charge in [-0.1, -0.05) is 12.1 Å². The van der Waals surface area contributed by atoms with Crippen LogP contribution in [0.3, 0.4) is 0 Å². The molecule has 0 unspecified atom stereocenters. The van der Waals surface area contributed by atoms with Crippen molar-refractivity contribution < 1.29 is 4.74 Å². The van der Waals surface area contributed by atoms with Gasteiger partial charge in [0.15, 0.2) is 5.82 Å². The van der Waals surface area contributed by atoms with E-state index in [1.54, 1.807) is 6.20 Å². The predicted octanol–water partition coefficient (Wildman–Crippen LogP) is 1.65. The average Bonchev–Trinajstić information content (AvgIpc) is 2.71. The SMILES string of the molecule is Cc1cccc(N2CCN(c3nncc(N4CCOCC4)n3)CC2)c1C. The zero-order valence-corrected chi connectivity index (χ0v) is 15.6. The van der Waals surface area contributed by atoms with E-state index in [0.29, 0.717) is 0 Å². The van der Waals surface area contributed by atoms with E-state index in [4.69, 9.17) is 9.72 Å². The lowest BCUT2D eigenvalue weighted by molar-refractivity contribution is 0.122. The number of hydrogen-bond donors (Lipinski definition) is 0. The van der Waals surface area contributed by atoms with Crippen molar-refractivity contribution in [3.8, 4) is 0 Å². The Labute approximate surface area is 154 Å². The van der Waals surface area contributed by atoms with Crippen LogP contribution in [-0.2, 0) is 4.74 Å². The molecule has 2 saturated heterocycles. The Balaban J connectivity index is 1.44. The Morgan fingerprint density at radius 2 is 1.62 bits per heavy atom. The number of rotatable bonds is 3. The standard InChI is InChI=1S/C19H26N6O/c1-15-4-3-5-17(16(15)2)23-6-8-25(9-7-23)19-21-18(14-20-22-19)24-10-12-26-13-11-24/h3-5,14H,6-13H2,1-2H3. The van der Waals surface area contributed by atoms with Crippen molar-refractivity contribution in [3.05, 3.63) is 35.5 Å². The molecule has 2 aliphatic heterocycles. The van der Waals surface area contributed by atoms with E-state index < -0.39 is 0 Å². The number of anilines is 3. The number of aromatic nitrogens is 3. The van der Waals surface area contributed by atoms with Gasteiger partial charge in [0, 0.05) is 45.0 Å². The lowest BCUT2D eigenvalue weighted by atomic mass is 10.1. The van der Waals surface area contributed by atoms with Crippen LogP contribution >= 0.6 is 0 Å². The molecule has 0 amide bonds. The molecule has 2 aromatic rings. The molecule has 7 nitrogen and oxygen atoms in total. The Hall–Kier alpha value is -2.41. The summed E-state index contributed by atoms with van der Waals surface area (Å²) in [6.45, 7) is 11.3. The summed E-state index contributed by atoms with van der Waals surface area (Å²) < 4.78 is 5.42. The largest absolute Gasteiger partial charge is 0.378 e. The molecule has 0 radical (unpaired) electrons. The summed E-state index contributed by atoms with van der Waals surface area (Å²) in [7, 11) is 0. The van der Waals surface area contributed by atoms with Gasteiger partial charge in [-0.15, -0.1) is 5.10 Å². The van der Waals surface area contributed by atoms with Gasteiger partial charge in [0.05, 0.1) is 19.4 Å². The van der Waals surface area contributed by atoms with Crippen LogP contribution in [-0.4, -0.2) is 67.7 Å². The first-order valence-corrected chi connectivity index (χ1v) is 9.31. The minimum atomic E-state index is 0.731. The number of hydrogen-bond acceptors (Lipinski definition) is 7. The van der Waals surface area contributed by atoms with Crippen molar-refractivity contribution in [2.45, 2.75) is 13.8 Å². The molecule has 0 aliphatic carbocycles. The van der Waals surface area contributed by atoms with Gasteiger partial charge in [0.1, 0.15) is 0 Å². The average molecular weight is 354 g/mol. The van der Waals surface area contributed by atoms with Gasteiger partial charge in [-0.25, -0.2) is 0 Å². The molecule has 0 saturated carbocycles. The van der Waals surface area contributed by atoms with E-state index in [1.807, 2.05) is 0 Å². The van der Waals surface area contributed by atoms with E-state index in [0.717, 1.165) is 64.2 Å². The second kappa shape index (κ2) is 7.45. The van der Waals surface area contributed by atoms with Crippen LogP contribution in [0.4, 0.5) is 17.5 Å². The topological polar surface area (TPSA) is 57.6 Å². The van der Waals surface area contributed by atoms with Gasteiger partial charge < -0.3 is 19.4 Å². The highest BCUT2D eigenvalue weighted by atomic mass is 16.5. The van der Waals surface area contributed by atoms with E-state index in [9.17, 15) is 0 Å². The predicted molar refractivity (Wildman–Crippen MR) is 103 cm³/mol. The maximum absolute atomic E-state index is 5.42. The lowest BCUT2D eigenvalue weighted by Gasteiger charge is -2.37. The summed E-state index contributed by atoms with van der Waals surface area (Å²) in [5, 5.41) is 8.46. The molecule has 2 aliphatic rings. The van der Waals surface area contributed by atoms with Crippen molar-refractivity contribution in [1.29, 1.82) is 0 Å². The molecule has 0 atom stereocenters. The molecule has 0 bridgehead atoms. The maximum atomic E-state index is 5.42. The molecular formula is C19H26N6O. The van der Waals surface area contributed by atoms with Crippen LogP contribution < -0.4 is 14.7 Å². The van der Waals surface area contributed by atoms with E-state index >= 15 is 0 Å². The summed E-state index contributed by atoms with van der Waals surface area (Å²) in [6.07, 6.45) is 1.75. The van der Waals surface area contributed by atoms with Crippen molar-refractivity contribution in [2.75, 3.05) is 67.2 Å². The molecular weight excluding hydrogens is 328 g/mol. The Kier molecular flexibility index (Phi) is 4.88. The third-order valence-corrected chi connectivity index (χ3v) is 5.35. The van der Waals surface area contributed by atoms with E-state index in [1.165, 1.54) is 16.8 Å². The maximum Gasteiger partial charge on any atom is 0.247 e. The number of nitrogens with zero attached hydrogens (tertiary/aromatic N) is 6. The van der Waals surface area contributed by atoms with Crippen LogP contribution in [0.15, 0.2) is 24.4 Å². The highest BCUT2D eigenvalue weighted by Crippen LogP contribution is 2.25. The summed E-state index contributed by atoms with van der Waals surface area (Å²) in [5.74, 6) is 1.63. The summed E-state index contributed by atoms with van der Waals surface area (Å²) in [5.41, 5.74) is 4.05. The van der Waals surface area contributed by atoms with Gasteiger partial charge in [0.2, 0.25) is 5.95 Å². The second-order valence-corrected chi connectivity index (χ2v) is 6.91. The Bertz CT molecular complexity index is 753. The fourth-order valence-electron chi connectivity index (χ4n) is 3.59. The number of ether oxygens (including phenoxy) is 1. The number of benzene rings is 1. The molecule has 138 valence electrons. The zero-order chi connectivity index (χ0) is 17.9. The van der Waals surface area contributed by atoms with Gasteiger partial charge in [-0.3, -0.25) is 0 Å². The third kappa shape index (κ3) is 3.44. The number of morpholine rings is 1. The highest BCUT2D eigenvalue weighted by Gasteiger charge is 2.22. The van der Waals surface area contributed by atoms with Crippen LogP contribution in [0.2, 0.25) is 0 Å². The summed E-state index contributed by atoms with van der Waals surface area (Å²) in [6, 6.07) is 6.53. The molecule has 7 heteroatoms. The van der Waals surface area contributed by atoms with Gasteiger partial charge in [-0.05, 0) is 31.0 Å². The van der Waals surface area contributed by atoms with Crippen LogP contribution in [0, 0.1) is 13.8 Å². The fraction of sp³-hybridized carbons (Fsp3) is 0.526. The highest BCUT2D eigenvalue weighted by molar-refractivity contribution is 5.57. The molecule has 2 fully saturated rings. The van der Waals surface area contributed by atoms with E-state index in [2.05, 4.69) is 56.9 Å². The monoisotopic (exact) mass is 354 g/mol. The van der Waals surface area contributed by atoms with Crippen molar-refractivity contribution in [2.24, 2.45) is 0 Å². The molecule has 3 heterocycles. The first kappa shape index (κ1) is 17.0. The lowest BCUT2D eigenvalue weighted by Crippen LogP contribution is -2.47. The molecule has 26 heavy (non-hydrogen) atoms. The normalized spacial score (nSPS) is 18.3. The molecule has 0 N–H and O–H groups in total. The van der Waals surface area contributed by atoms with Crippen molar-refractivity contribution >= 4 is 17.5 Å². The molecule has 1 aromatic carbocycles. The quantitative estimate of drug-likeness (QED) is 0.831. The molecule has 0 spiro atoms. The second-order valence-electron chi connectivity index (χ2n) is 6.91. The van der Waals surface area contributed by atoms with E-state index in [-0.39, 0.29) is 0 Å². The smallest absolute Gasteiger partial charge is 0.247 e. The van der Waals surface area contributed by atoms with Gasteiger partial charge in [-0.2, -0.15) is 10.1 Å². The van der Waals surface area contributed by atoms with Gasteiger partial charge >= 0.3 is 0 Å². The third-order valence-electron chi connectivity index (χ3n) is 5.35. The Morgan fingerprint density at radius 1 is 0.885 bits per heavy atom. The molecule has 4 rings (SSSR count). The zero-order valence-electron chi connectivity index (χ0n) is 15.6. The summed E-state index contributed by atoms with van der Waals surface area (Å²) in [4.78, 5) is 11.7. The first-order valence-electron chi connectivity index (χ1n) is 9.31. The minimum absolute atomic E-state index is 0.731.